The first-order chi connectivity index (χ1) is 5.43. The third kappa shape index (κ3) is 1.85. The predicted octanol–water partition coefficient (Wildman–Crippen LogP) is 1.80. The molecule has 0 N–H and O–H groups in total. The zero-order chi connectivity index (χ0) is 9.35. The van der Waals surface area contributed by atoms with E-state index < -0.39 is 24.8 Å². The first-order valence-electron chi connectivity index (χ1n) is 2.66. The first-order valence-corrected chi connectivity index (χ1v) is 5.35. The van der Waals surface area contributed by atoms with Crippen LogP contribution in [0.1, 0.15) is 0 Å². The van der Waals surface area contributed by atoms with Crippen LogP contribution in [0.5, 0.6) is 0 Å². The summed E-state index contributed by atoms with van der Waals surface area (Å²) in [5, 5.41) is -0.542. The normalized spacial score (nSPS) is 11.6. The van der Waals surface area contributed by atoms with Crippen molar-refractivity contribution in [2.75, 3.05) is 0 Å². The molecule has 1 rings (SSSR count). The molecule has 1 aromatic rings. The molecule has 0 unspecified atom stereocenters. The zero-order valence-electron chi connectivity index (χ0n) is 5.46. The van der Waals surface area contributed by atoms with E-state index in [9.17, 15) is 12.8 Å². The molecule has 0 aliphatic carbocycles. The highest BCUT2D eigenvalue weighted by Gasteiger charge is 2.17. The lowest BCUT2D eigenvalue weighted by Gasteiger charge is -1.98. The number of pyridine rings is 1. The topological polar surface area (TPSA) is 47.0 Å². The van der Waals surface area contributed by atoms with Crippen LogP contribution in [0, 0.1) is 5.82 Å². The Kier molecular flexibility index (Phi) is 2.55. The third-order valence-electron chi connectivity index (χ3n) is 1.07. The first kappa shape index (κ1) is 9.70. The number of hydrogen-bond donors (Lipinski definition) is 0. The van der Waals surface area contributed by atoms with Crippen LogP contribution in [0.15, 0.2) is 17.3 Å². The second-order valence-corrected chi connectivity index (χ2v) is 4.78. The maximum Gasteiger partial charge on any atom is 0.264 e. The quantitative estimate of drug-likeness (QED) is 0.691. The third-order valence-corrected chi connectivity index (χ3v) is 2.90. The second kappa shape index (κ2) is 3.16. The van der Waals surface area contributed by atoms with Crippen LogP contribution in [0.4, 0.5) is 4.39 Å². The summed E-state index contributed by atoms with van der Waals surface area (Å²) in [4.78, 5) is 2.77. The molecule has 1 aromatic heterocycles. The van der Waals surface area contributed by atoms with Crippen LogP contribution in [0.25, 0.3) is 0 Å². The molecule has 7 heteroatoms. The predicted molar refractivity (Wildman–Crippen MR) is 42.2 cm³/mol. The smallest absolute Gasteiger partial charge is 0.260 e. The van der Waals surface area contributed by atoms with E-state index >= 15 is 0 Å². The Morgan fingerprint density at radius 2 is 2.00 bits per heavy atom. The molecule has 0 atom stereocenters. The highest BCUT2D eigenvalue weighted by Crippen LogP contribution is 2.25. The van der Waals surface area contributed by atoms with E-state index in [4.69, 9.17) is 22.3 Å². The van der Waals surface area contributed by atoms with Crippen LogP contribution < -0.4 is 0 Å². The van der Waals surface area contributed by atoms with Gasteiger partial charge in [-0.3, -0.25) is 4.98 Å². The minimum Gasteiger partial charge on any atom is -0.260 e. The molecule has 0 saturated carbocycles. The van der Waals surface area contributed by atoms with E-state index in [1.54, 1.807) is 0 Å². The number of aromatic nitrogens is 1. The molecular weight excluding hydrogens is 228 g/mol. The van der Waals surface area contributed by atoms with E-state index in [0.717, 1.165) is 12.4 Å². The van der Waals surface area contributed by atoms with Crippen molar-refractivity contribution in [3.63, 3.8) is 0 Å². The van der Waals surface area contributed by atoms with Gasteiger partial charge in [-0.15, -0.1) is 0 Å². The summed E-state index contributed by atoms with van der Waals surface area (Å²) in [5.74, 6) is -0.918. The van der Waals surface area contributed by atoms with E-state index in [-0.39, 0.29) is 0 Å². The van der Waals surface area contributed by atoms with Gasteiger partial charge in [-0.25, -0.2) is 12.8 Å². The largest absolute Gasteiger partial charge is 0.264 e. The van der Waals surface area contributed by atoms with E-state index in [1.807, 2.05) is 0 Å². The van der Waals surface area contributed by atoms with Gasteiger partial charge in [0.05, 0.1) is 11.2 Å². The van der Waals surface area contributed by atoms with Crippen LogP contribution in [0.2, 0.25) is 5.02 Å². The van der Waals surface area contributed by atoms with Crippen molar-refractivity contribution in [3.8, 4) is 0 Å². The van der Waals surface area contributed by atoms with Gasteiger partial charge in [-0.1, -0.05) is 11.6 Å². The highest BCUT2D eigenvalue weighted by molar-refractivity contribution is 8.13. The van der Waals surface area contributed by atoms with Gasteiger partial charge in [0.2, 0.25) is 0 Å². The highest BCUT2D eigenvalue weighted by atomic mass is 35.7. The summed E-state index contributed by atoms with van der Waals surface area (Å²) < 4.78 is 34.0. The summed E-state index contributed by atoms with van der Waals surface area (Å²) in [5.41, 5.74) is 0. The maximum absolute atomic E-state index is 12.6. The van der Waals surface area contributed by atoms with Gasteiger partial charge < -0.3 is 0 Å². The average molecular weight is 230 g/mol. The molecule has 12 heavy (non-hydrogen) atoms. The van der Waals surface area contributed by atoms with Gasteiger partial charge in [-0.2, -0.15) is 0 Å². The molecule has 0 amide bonds. The van der Waals surface area contributed by atoms with E-state index in [2.05, 4.69) is 4.98 Å². The van der Waals surface area contributed by atoms with Crippen molar-refractivity contribution >= 4 is 31.3 Å². The molecule has 66 valence electrons. The SMILES string of the molecule is O=S(=O)(Cl)c1cncc(F)c1Cl. The van der Waals surface area contributed by atoms with Gasteiger partial charge in [-0.05, 0) is 0 Å². The summed E-state index contributed by atoms with van der Waals surface area (Å²) in [7, 11) is 0.899. The molecule has 1 heterocycles. The second-order valence-electron chi connectivity index (χ2n) is 1.87. The van der Waals surface area contributed by atoms with E-state index in [1.165, 1.54) is 0 Å². The average Bonchev–Trinajstić information content (AvgIpc) is 1.92. The van der Waals surface area contributed by atoms with Crippen LogP contribution >= 0.6 is 22.3 Å². The fourth-order valence-electron chi connectivity index (χ4n) is 0.571. The minimum atomic E-state index is -4.02. The van der Waals surface area contributed by atoms with Gasteiger partial charge in [0, 0.05) is 16.9 Å². The van der Waals surface area contributed by atoms with E-state index in [0.29, 0.717) is 0 Å². The van der Waals surface area contributed by atoms with Gasteiger partial charge in [0.15, 0.2) is 5.82 Å². The lowest BCUT2D eigenvalue weighted by molar-refractivity contribution is 0.599. The number of halogens is 3. The van der Waals surface area contributed by atoms with Gasteiger partial charge in [0.1, 0.15) is 4.90 Å². The zero-order valence-corrected chi connectivity index (χ0v) is 7.79. The molecule has 0 saturated heterocycles. The van der Waals surface area contributed by atoms with Crippen molar-refractivity contribution in [2.24, 2.45) is 0 Å². The van der Waals surface area contributed by atoms with Crippen molar-refractivity contribution in [1.29, 1.82) is 0 Å². The molecule has 3 nitrogen and oxygen atoms in total. The molecule has 0 radical (unpaired) electrons. The molecule has 0 fully saturated rings. The Morgan fingerprint density at radius 3 is 2.42 bits per heavy atom. The summed E-state index contributed by atoms with van der Waals surface area (Å²) >= 11 is 5.30. The Balaban J connectivity index is 3.47. The molecule has 0 bridgehead atoms. The standard InChI is InChI=1S/C5H2Cl2FNO2S/c6-5-3(8)1-9-2-4(5)12(7,10)11/h1-2H. The molecule has 0 spiro atoms. The monoisotopic (exact) mass is 229 g/mol. The van der Waals surface area contributed by atoms with Crippen LogP contribution in [-0.4, -0.2) is 13.4 Å². The number of nitrogens with zero attached hydrogens (tertiary/aromatic N) is 1. The Bertz CT molecular complexity index is 406. The Labute approximate surface area is 77.6 Å². The summed E-state index contributed by atoms with van der Waals surface area (Å²) in [6.07, 6.45) is 1.68. The van der Waals surface area contributed by atoms with Crippen molar-refractivity contribution < 1.29 is 12.8 Å². The lowest BCUT2D eigenvalue weighted by atomic mass is 10.5. The number of hydrogen-bond acceptors (Lipinski definition) is 3. The Hall–Kier alpha value is -0.390. The van der Waals surface area contributed by atoms with Gasteiger partial charge in [0.25, 0.3) is 9.05 Å². The van der Waals surface area contributed by atoms with Gasteiger partial charge >= 0.3 is 0 Å². The Morgan fingerprint density at radius 1 is 1.42 bits per heavy atom. The van der Waals surface area contributed by atoms with Crippen molar-refractivity contribution in [1.82, 2.24) is 4.98 Å². The van der Waals surface area contributed by atoms with Crippen molar-refractivity contribution in [2.45, 2.75) is 4.90 Å². The molecule has 0 aliphatic heterocycles. The fourth-order valence-corrected chi connectivity index (χ4v) is 1.94. The summed E-state index contributed by atoms with van der Waals surface area (Å²) in [6, 6.07) is 0. The molecular formula is C5H2Cl2FNO2S. The molecule has 0 aromatic carbocycles. The van der Waals surface area contributed by atoms with Crippen molar-refractivity contribution in [3.05, 3.63) is 23.2 Å². The maximum atomic E-state index is 12.6. The summed E-state index contributed by atoms with van der Waals surface area (Å²) in [6.45, 7) is 0. The number of rotatable bonds is 1. The van der Waals surface area contributed by atoms with Crippen LogP contribution in [0.3, 0.4) is 0 Å². The lowest BCUT2D eigenvalue weighted by Crippen LogP contribution is -1.95. The minimum absolute atomic E-state index is 0.522. The molecule has 0 aliphatic rings. The van der Waals surface area contributed by atoms with Crippen LogP contribution in [-0.2, 0) is 9.05 Å². The fraction of sp³-hybridized carbons (Fsp3) is 0.